The number of sulfonamides is 1. The van der Waals surface area contributed by atoms with Crippen molar-refractivity contribution in [1.82, 2.24) is 24.5 Å². The van der Waals surface area contributed by atoms with E-state index in [2.05, 4.69) is 25.3 Å². The number of hydrogen-bond donors (Lipinski definition) is 2. The van der Waals surface area contributed by atoms with Crippen molar-refractivity contribution in [1.29, 1.82) is 0 Å². The predicted octanol–water partition coefficient (Wildman–Crippen LogP) is 2.15. The highest BCUT2D eigenvalue weighted by atomic mass is 32.2. The average Bonchev–Trinajstić information content (AvgIpc) is 3.30. The van der Waals surface area contributed by atoms with Gasteiger partial charge in [0, 0.05) is 24.7 Å². The van der Waals surface area contributed by atoms with E-state index in [0.29, 0.717) is 53.3 Å². The van der Waals surface area contributed by atoms with Gasteiger partial charge in [0.25, 0.3) is 0 Å². The molecule has 0 bridgehead atoms. The molecule has 5 rings (SSSR count). The summed E-state index contributed by atoms with van der Waals surface area (Å²) in [5.74, 6) is 1.71. The number of benzene rings is 2. The molecule has 11 nitrogen and oxygen atoms in total. The third-order valence-electron chi connectivity index (χ3n) is 5.17. The second kappa shape index (κ2) is 10.5. The van der Waals surface area contributed by atoms with Crippen molar-refractivity contribution in [2.45, 2.75) is 16.3 Å². The van der Waals surface area contributed by atoms with E-state index in [1.165, 1.54) is 23.9 Å². The molecule has 2 aromatic heterocycles. The molecule has 2 aromatic carbocycles. The van der Waals surface area contributed by atoms with E-state index in [1.54, 1.807) is 53.0 Å². The molecule has 13 heteroatoms. The molecule has 0 saturated heterocycles. The van der Waals surface area contributed by atoms with Gasteiger partial charge in [0.15, 0.2) is 23.0 Å². The number of ether oxygens (including phenoxy) is 2. The molecule has 0 fully saturated rings. The highest BCUT2D eigenvalue weighted by Crippen LogP contribution is 2.32. The van der Waals surface area contributed by atoms with E-state index in [-0.39, 0.29) is 23.1 Å². The summed E-state index contributed by atoms with van der Waals surface area (Å²) in [7, 11) is -3.62. The minimum Gasteiger partial charge on any atom is -0.486 e. The van der Waals surface area contributed by atoms with Gasteiger partial charge in [0.1, 0.15) is 18.2 Å². The van der Waals surface area contributed by atoms with Gasteiger partial charge in [0.2, 0.25) is 15.9 Å². The van der Waals surface area contributed by atoms with Crippen LogP contribution in [0.1, 0.15) is 5.82 Å². The first-order chi connectivity index (χ1) is 17.5. The molecule has 3 heterocycles. The van der Waals surface area contributed by atoms with Crippen molar-refractivity contribution in [2.24, 2.45) is 0 Å². The average molecular weight is 527 g/mol. The summed E-state index contributed by atoms with van der Waals surface area (Å²) < 4.78 is 40.0. The molecule has 4 aromatic rings. The number of carbonyl (C=O) groups excluding carboxylic acids is 1. The third-order valence-corrected chi connectivity index (χ3v) is 7.57. The fourth-order valence-electron chi connectivity index (χ4n) is 3.49. The molecule has 1 aliphatic heterocycles. The normalized spacial score (nSPS) is 13.0. The maximum atomic E-state index is 12.5. The van der Waals surface area contributed by atoms with Crippen LogP contribution in [0.5, 0.6) is 11.5 Å². The molecular formula is C23H22N6O5S2. The van der Waals surface area contributed by atoms with Crippen LogP contribution in [-0.4, -0.2) is 59.6 Å². The number of amides is 1. The molecule has 1 aliphatic rings. The quantitative estimate of drug-likeness (QED) is 0.314. The maximum absolute atomic E-state index is 12.5. The van der Waals surface area contributed by atoms with Crippen molar-refractivity contribution < 1.29 is 22.7 Å². The molecule has 0 unspecified atom stereocenters. The van der Waals surface area contributed by atoms with Gasteiger partial charge in [0.05, 0.1) is 10.6 Å². The highest BCUT2D eigenvalue weighted by molar-refractivity contribution is 7.99. The van der Waals surface area contributed by atoms with Crippen molar-refractivity contribution in [2.75, 3.05) is 30.8 Å². The largest absolute Gasteiger partial charge is 0.486 e. The molecule has 0 spiro atoms. The summed E-state index contributed by atoms with van der Waals surface area (Å²) in [5.41, 5.74) is 1.15. The SMILES string of the molecule is O=C(CSc1ccc2nnc(CCNS(=O)(=O)c3ccccc3)n2n1)Nc1ccc2c(c1)OCCO2. The minimum atomic E-state index is -3.62. The predicted molar refractivity (Wildman–Crippen MR) is 133 cm³/mol. The van der Waals surface area contributed by atoms with Crippen LogP contribution >= 0.6 is 11.8 Å². The Kier molecular flexibility index (Phi) is 7.02. The summed E-state index contributed by atoms with van der Waals surface area (Å²) in [6, 6.07) is 16.9. The number of thioether (sulfide) groups is 1. The summed E-state index contributed by atoms with van der Waals surface area (Å²) in [5, 5.41) is 16.2. The number of hydrogen-bond acceptors (Lipinski definition) is 9. The van der Waals surface area contributed by atoms with Crippen LogP contribution in [0.3, 0.4) is 0 Å². The molecular weight excluding hydrogens is 504 g/mol. The smallest absolute Gasteiger partial charge is 0.240 e. The molecule has 0 atom stereocenters. The summed E-state index contributed by atoms with van der Waals surface area (Å²) >= 11 is 1.26. The van der Waals surface area contributed by atoms with E-state index in [0.717, 1.165) is 0 Å². The van der Waals surface area contributed by atoms with E-state index < -0.39 is 10.0 Å². The number of carbonyl (C=O) groups is 1. The topological polar surface area (TPSA) is 137 Å². The van der Waals surface area contributed by atoms with Gasteiger partial charge < -0.3 is 14.8 Å². The number of rotatable bonds is 9. The second-order valence-corrected chi connectivity index (χ2v) is 10.5. The highest BCUT2D eigenvalue weighted by Gasteiger charge is 2.15. The van der Waals surface area contributed by atoms with Crippen LogP contribution < -0.4 is 19.5 Å². The minimum absolute atomic E-state index is 0.134. The van der Waals surface area contributed by atoms with Gasteiger partial charge in [-0.25, -0.2) is 13.1 Å². The number of nitrogens with zero attached hydrogens (tertiary/aromatic N) is 4. The molecule has 186 valence electrons. The zero-order valence-electron chi connectivity index (χ0n) is 19.0. The van der Waals surface area contributed by atoms with Crippen LogP contribution in [-0.2, 0) is 21.2 Å². The van der Waals surface area contributed by atoms with E-state index >= 15 is 0 Å². The number of aromatic nitrogens is 4. The van der Waals surface area contributed by atoms with Crippen LogP contribution in [0.15, 0.2) is 70.6 Å². The van der Waals surface area contributed by atoms with Crippen LogP contribution in [0.4, 0.5) is 5.69 Å². The molecule has 2 N–H and O–H groups in total. The lowest BCUT2D eigenvalue weighted by molar-refractivity contribution is -0.113. The summed E-state index contributed by atoms with van der Waals surface area (Å²) in [4.78, 5) is 12.7. The van der Waals surface area contributed by atoms with Crippen LogP contribution in [0.2, 0.25) is 0 Å². The van der Waals surface area contributed by atoms with Gasteiger partial charge in [-0.2, -0.15) is 9.61 Å². The Morgan fingerprint density at radius 1 is 1.00 bits per heavy atom. The fraction of sp³-hybridized carbons (Fsp3) is 0.217. The second-order valence-electron chi connectivity index (χ2n) is 7.71. The molecule has 0 saturated carbocycles. The first-order valence-corrected chi connectivity index (χ1v) is 13.5. The van der Waals surface area contributed by atoms with E-state index in [1.807, 2.05) is 0 Å². The molecule has 0 radical (unpaired) electrons. The van der Waals surface area contributed by atoms with E-state index in [9.17, 15) is 13.2 Å². The lowest BCUT2D eigenvalue weighted by Crippen LogP contribution is -2.26. The molecule has 36 heavy (non-hydrogen) atoms. The Morgan fingerprint density at radius 3 is 2.64 bits per heavy atom. The number of fused-ring (bicyclic) bond motifs is 2. The van der Waals surface area contributed by atoms with Gasteiger partial charge in [-0.1, -0.05) is 30.0 Å². The first kappa shape index (κ1) is 24.0. The lowest BCUT2D eigenvalue weighted by Gasteiger charge is -2.18. The van der Waals surface area contributed by atoms with Crippen molar-refractivity contribution in [3.8, 4) is 11.5 Å². The zero-order chi connectivity index (χ0) is 25.0. The lowest BCUT2D eigenvalue weighted by atomic mass is 10.2. The summed E-state index contributed by atoms with van der Waals surface area (Å²) in [6.07, 6.45) is 0.291. The Balaban J connectivity index is 1.18. The maximum Gasteiger partial charge on any atom is 0.240 e. The van der Waals surface area contributed by atoms with Gasteiger partial charge in [-0.15, -0.1) is 10.2 Å². The van der Waals surface area contributed by atoms with Crippen molar-refractivity contribution in [3.05, 3.63) is 66.5 Å². The van der Waals surface area contributed by atoms with Crippen LogP contribution in [0, 0.1) is 0 Å². The van der Waals surface area contributed by atoms with Crippen molar-refractivity contribution in [3.63, 3.8) is 0 Å². The number of nitrogens with one attached hydrogen (secondary N) is 2. The van der Waals surface area contributed by atoms with Gasteiger partial charge >= 0.3 is 0 Å². The Morgan fingerprint density at radius 2 is 1.81 bits per heavy atom. The standard InChI is InChI=1S/C23H22N6O5S2/c30-22(25-16-6-7-18-19(14-16)34-13-12-33-18)15-35-23-9-8-20-26-27-21(29(20)28-23)10-11-24-36(31,32)17-4-2-1-3-5-17/h1-9,14,24H,10-13,15H2,(H,25,30). The Hall–Kier alpha value is -3.68. The van der Waals surface area contributed by atoms with Crippen LogP contribution in [0.25, 0.3) is 5.65 Å². The Bertz CT molecular complexity index is 1490. The fourth-order valence-corrected chi connectivity index (χ4v) is 5.19. The van der Waals surface area contributed by atoms with E-state index in [4.69, 9.17) is 9.47 Å². The number of anilines is 1. The Labute approximate surface area is 211 Å². The monoisotopic (exact) mass is 526 g/mol. The molecule has 1 amide bonds. The first-order valence-electron chi connectivity index (χ1n) is 11.1. The van der Waals surface area contributed by atoms with Gasteiger partial charge in [-0.3, -0.25) is 4.79 Å². The van der Waals surface area contributed by atoms with Crippen molar-refractivity contribution >= 4 is 39.0 Å². The summed E-state index contributed by atoms with van der Waals surface area (Å²) in [6.45, 7) is 1.11. The third kappa shape index (κ3) is 5.58. The molecule has 0 aliphatic carbocycles. The van der Waals surface area contributed by atoms with Gasteiger partial charge in [-0.05, 0) is 36.4 Å². The zero-order valence-corrected chi connectivity index (χ0v) is 20.6.